The third kappa shape index (κ3) is 2.44. The zero-order valence-electron chi connectivity index (χ0n) is 6.47. The molecule has 0 spiro atoms. The van der Waals surface area contributed by atoms with Gasteiger partial charge < -0.3 is 5.73 Å². The first-order valence-electron chi connectivity index (χ1n) is 3.40. The van der Waals surface area contributed by atoms with Crippen LogP contribution in [0.15, 0.2) is 24.5 Å². The van der Waals surface area contributed by atoms with Gasteiger partial charge in [-0.3, -0.25) is 9.99 Å². The van der Waals surface area contributed by atoms with Crippen LogP contribution >= 0.6 is 12.2 Å². The minimum atomic E-state index is 0.179. The number of nitrogens with zero attached hydrogens (tertiary/aromatic N) is 2. The summed E-state index contributed by atoms with van der Waals surface area (Å²) in [6.07, 6.45) is 3.42. The minimum absolute atomic E-state index is 0.179. The molecule has 0 aliphatic heterocycles. The van der Waals surface area contributed by atoms with Gasteiger partial charge in [0, 0.05) is 12.4 Å². The molecule has 0 saturated carbocycles. The summed E-state index contributed by atoms with van der Waals surface area (Å²) in [4.78, 5) is 3.93. The summed E-state index contributed by atoms with van der Waals surface area (Å²) in [7, 11) is 0. The number of aromatic nitrogens is 1. The zero-order valence-corrected chi connectivity index (χ0v) is 7.29. The molecule has 1 rings (SSSR count). The van der Waals surface area contributed by atoms with E-state index in [9.17, 15) is 0 Å². The number of hydrogen-bond acceptors (Lipinski definition) is 3. The minimum Gasteiger partial charge on any atom is -0.375 e. The molecule has 4 N–H and O–H groups in total. The number of rotatable bonds is 2. The Morgan fingerprint density at radius 3 is 2.92 bits per heavy atom. The van der Waals surface area contributed by atoms with Crippen molar-refractivity contribution >= 4 is 17.3 Å². The average molecular weight is 182 g/mol. The van der Waals surface area contributed by atoms with Crippen molar-refractivity contribution in [3.8, 4) is 0 Å². The van der Waals surface area contributed by atoms with E-state index in [1.165, 1.54) is 5.01 Å². The van der Waals surface area contributed by atoms with E-state index < -0.39 is 0 Å². The van der Waals surface area contributed by atoms with Gasteiger partial charge >= 0.3 is 0 Å². The second-order valence-electron chi connectivity index (χ2n) is 2.33. The quantitative estimate of drug-likeness (QED) is 0.383. The first kappa shape index (κ1) is 8.89. The summed E-state index contributed by atoms with van der Waals surface area (Å²) in [6.45, 7) is 0.489. The second-order valence-corrected chi connectivity index (χ2v) is 2.75. The molecular formula is C7H10N4S. The highest BCUT2D eigenvalue weighted by molar-refractivity contribution is 7.80. The molecular weight excluding hydrogens is 172 g/mol. The lowest BCUT2D eigenvalue weighted by Crippen LogP contribution is -2.40. The molecule has 1 heterocycles. The Bertz CT molecular complexity index is 261. The Kier molecular flexibility index (Phi) is 2.95. The smallest absolute Gasteiger partial charge is 0.180 e. The molecule has 0 fully saturated rings. The SMILES string of the molecule is NC(=S)N(N)Cc1cccnc1. The molecule has 12 heavy (non-hydrogen) atoms. The Hall–Kier alpha value is -1.20. The van der Waals surface area contributed by atoms with E-state index >= 15 is 0 Å². The van der Waals surface area contributed by atoms with Gasteiger partial charge in [0.1, 0.15) is 0 Å². The molecule has 1 aromatic heterocycles. The van der Waals surface area contributed by atoms with Gasteiger partial charge in [0.15, 0.2) is 5.11 Å². The van der Waals surface area contributed by atoms with Crippen LogP contribution in [0.25, 0.3) is 0 Å². The summed E-state index contributed by atoms with van der Waals surface area (Å²) in [5, 5.41) is 1.48. The van der Waals surface area contributed by atoms with E-state index in [-0.39, 0.29) is 5.11 Å². The first-order chi connectivity index (χ1) is 5.70. The number of nitrogens with two attached hydrogens (primary N) is 2. The van der Waals surface area contributed by atoms with Crippen molar-refractivity contribution in [1.29, 1.82) is 0 Å². The molecule has 0 aliphatic carbocycles. The summed E-state index contributed by atoms with van der Waals surface area (Å²) in [6, 6.07) is 3.74. The van der Waals surface area contributed by atoms with Gasteiger partial charge in [0.05, 0.1) is 6.54 Å². The van der Waals surface area contributed by atoms with Gasteiger partial charge in [-0.15, -0.1) is 0 Å². The molecule has 0 bridgehead atoms. The average Bonchev–Trinajstić information content (AvgIpc) is 2.06. The summed E-state index contributed by atoms with van der Waals surface area (Å²) >= 11 is 4.68. The molecule has 4 nitrogen and oxygen atoms in total. The predicted molar refractivity (Wildman–Crippen MR) is 50.8 cm³/mol. The molecule has 0 aliphatic rings. The molecule has 5 heteroatoms. The molecule has 0 amide bonds. The molecule has 0 saturated heterocycles. The molecule has 0 atom stereocenters. The van der Waals surface area contributed by atoms with Crippen molar-refractivity contribution in [3.63, 3.8) is 0 Å². The van der Waals surface area contributed by atoms with Crippen LogP contribution < -0.4 is 11.6 Å². The molecule has 0 unspecified atom stereocenters. The van der Waals surface area contributed by atoms with Crippen LogP contribution in [0.2, 0.25) is 0 Å². The topological polar surface area (TPSA) is 68.2 Å². The van der Waals surface area contributed by atoms with Crippen LogP contribution in [0.3, 0.4) is 0 Å². The van der Waals surface area contributed by atoms with E-state index in [1.807, 2.05) is 12.1 Å². The van der Waals surface area contributed by atoms with E-state index in [0.29, 0.717) is 6.54 Å². The monoisotopic (exact) mass is 182 g/mol. The van der Waals surface area contributed by atoms with Gasteiger partial charge in [-0.25, -0.2) is 5.84 Å². The van der Waals surface area contributed by atoms with Crippen LogP contribution in [0.5, 0.6) is 0 Å². The van der Waals surface area contributed by atoms with Gasteiger partial charge in [0.2, 0.25) is 0 Å². The molecule has 64 valence electrons. The first-order valence-corrected chi connectivity index (χ1v) is 3.81. The largest absolute Gasteiger partial charge is 0.375 e. The standard InChI is InChI=1S/C7H10N4S/c8-7(12)11(9)5-6-2-1-3-10-4-6/h1-4H,5,9H2,(H2,8,12). The molecule has 0 radical (unpaired) electrons. The van der Waals surface area contributed by atoms with E-state index in [0.717, 1.165) is 5.56 Å². The Balaban J connectivity index is 2.58. The summed E-state index contributed by atoms with van der Waals surface area (Å²) in [5.74, 6) is 5.49. The van der Waals surface area contributed by atoms with Crippen LogP contribution in [0, 0.1) is 0 Å². The number of pyridine rings is 1. The summed E-state index contributed by atoms with van der Waals surface area (Å²) < 4.78 is 0. The third-order valence-corrected chi connectivity index (χ3v) is 1.59. The van der Waals surface area contributed by atoms with Crippen molar-refractivity contribution in [2.45, 2.75) is 6.54 Å². The molecule has 0 aromatic carbocycles. The Morgan fingerprint density at radius 2 is 2.42 bits per heavy atom. The van der Waals surface area contributed by atoms with Crippen LogP contribution in [0.1, 0.15) is 5.56 Å². The van der Waals surface area contributed by atoms with Crippen LogP contribution in [0.4, 0.5) is 0 Å². The van der Waals surface area contributed by atoms with Gasteiger partial charge in [-0.05, 0) is 23.8 Å². The fourth-order valence-corrected chi connectivity index (χ4v) is 0.831. The lowest BCUT2D eigenvalue weighted by molar-refractivity contribution is 0.437. The van der Waals surface area contributed by atoms with E-state index in [2.05, 4.69) is 17.2 Å². The number of hydrazine groups is 1. The van der Waals surface area contributed by atoms with Crippen LogP contribution in [-0.4, -0.2) is 15.1 Å². The molecule has 1 aromatic rings. The van der Waals surface area contributed by atoms with Crippen molar-refractivity contribution in [2.75, 3.05) is 0 Å². The zero-order chi connectivity index (χ0) is 8.97. The maximum Gasteiger partial charge on any atom is 0.180 e. The normalized spacial score (nSPS) is 9.42. The number of thiocarbonyl (C=S) groups is 1. The van der Waals surface area contributed by atoms with Crippen molar-refractivity contribution in [3.05, 3.63) is 30.1 Å². The van der Waals surface area contributed by atoms with Gasteiger partial charge in [0.25, 0.3) is 0 Å². The highest BCUT2D eigenvalue weighted by Gasteiger charge is 2.00. The van der Waals surface area contributed by atoms with Crippen molar-refractivity contribution in [1.82, 2.24) is 9.99 Å². The van der Waals surface area contributed by atoms with E-state index in [1.54, 1.807) is 12.4 Å². The summed E-state index contributed by atoms with van der Waals surface area (Å²) in [5.41, 5.74) is 6.28. The third-order valence-electron chi connectivity index (χ3n) is 1.36. The van der Waals surface area contributed by atoms with Gasteiger partial charge in [-0.2, -0.15) is 0 Å². The fourth-order valence-electron chi connectivity index (χ4n) is 0.766. The maximum atomic E-state index is 5.49. The second kappa shape index (κ2) is 3.99. The lowest BCUT2D eigenvalue weighted by atomic mass is 10.3. The van der Waals surface area contributed by atoms with Crippen LogP contribution in [-0.2, 0) is 6.54 Å². The van der Waals surface area contributed by atoms with Gasteiger partial charge in [-0.1, -0.05) is 6.07 Å². The maximum absolute atomic E-state index is 5.49. The van der Waals surface area contributed by atoms with E-state index in [4.69, 9.17) is 11.6 Å². The predicted octanol–water partition coefficient (Wildman–Crippen LogP) is 0.000900. The van der Waals surface area contributed by atoms with Crippen molar-refractivity contribution in [2.24, 2.45) is 11.6 Å². The Labute approximate surface area is 76.1 Å². The van der Waals surface area contributed by atoms with Crippen molar-refractivity contribution < 1.29 is 0 Å². The Morgan fingerprint density at radius 1 is 1.67 bits per heavy atom. The highest BCUT2D eigenvalue weighted by Crippen LogP contribution is 1.98. The number of hydrogen-bond donors (Lipinski definition) is 2. The highest BCUT2D eigenvalue weighted by atomic mass is 32.1. The lowest BCUT2D eigenvalue weighted by Gasteiger charge is -2.15. The fraction of sp³-hybridized carbons (Fsp3) is 0.143.